The molecular weight excluding hydrogens is 625 g/mol. The van der Waals surface area contributed by atoms with Gasteiger partial charge in [0.25, 0.3) is 17.7 Å². The van der Waals surface area contributed by atoms with Crippen LogP contribution >= 0.6 is 34.2 Å². The minimum atomic E-state index is -0.827. The van der Waals surface area contributed by atoms with Crippen LogP contribution in [-0.4, -0.2) is 37.0 Å². The molecular formula is C27H21ClIN3O6. The number of hydrogen-bond acceptors (Lipinski definition) is 6. The Labute approximate surface area is 236 Å². The maximum atomic E-state index is 13.1. The quantitative estimate of drug-likeness (QED) is 0.202. The van der Waals surface area contributed by atoms with E-state index in [1.54, 1.807) is 73.7 Å². The van der Waals surface area contributed by atoms with E-state index in [1.807, 2.05) is 22.6 Å². The lowest BCUT2D eigenvalue weighted by atomic mass is 10.1. The van der Waals surface area contributed by atoms with Gasteiger partial charge in [0.2, 0.25) is 0 Å². The largest absolute Gasteiger partial charge is 0.490 e. The number of carbonyl (C=O) groups is 4. The normalized spacial score (nSPS) is 14.3. The van der Waals surface area contributed by atoms with E-state index >= 15 is 0 Å². The molecule has 9 nitrogen and oxygen atoms in total. The van der Waals surface area contributed by atoms with Crippen LogP contribution in [0.2, 0.25) is 5.02 Å². The lowest BCUT2D eigenvalue weighted by Crippen LogP contribution is -2.54. The Morgan fingerprint density at radius 3 is 2.47 bits per heavy atom. The predicted octanol–water partition coefficient (Wildman–Crippen LogP) is 5.03. The van der Waals surface area contributed by atoms with Crippen LogP contribution in [0.25, 0.3) is 6.08 Å². The first kappa shape index (κ1) is 27.1. The van der Waals surface area contributed by atoms with Crippen molar-refractivity contribution in [2.75, 3.05) is 23.4 Å². The summed E-state index contributed by atoms with van der Waals surface area (Å²) in [6.07, 6.45) is 1.37. The fraction of sp³-hybridized carbons (Fsp3) is 0.111. The molecule has 0 radical (unpaired) electrons. The van der Waals surface area contributed by atoms with Gasteiger partial charge in [0, 0.05) is 0 Å². The molecule has 0 aromatic heterocycles. The Morgan fingerprint density at radius 1 is 1.05 bits per heavy atom. The highest BCUT2D eigenvalue weighted by Gasteiger charge is 2.36. The molecule has 194 valence electrons. The zero-order valence-corrected chi connectivity index (χ0v) is 22.9. The Bertz CT molecular complexity index is 1440. The number of imide groups is 2. The number of urea groups is 1. The minimum absolute atomic E-state index is 0.223. The number of amides is 5. The highest BCUT2D eigenvalue weighted by molar-refractivity contribution is 14.1. The molecule has 3 aromatic rings. The second-order valence-electron chi connectivity index (χ2n) is 7.87. The standard InChI is InChI=1S/C27H21ClIN3O6/c1-2-37-22-14-16(12-18-25(34)31-27(36)32(26(18)35)17-8-4-3-5-9-17)13-20(29)24(22)38-15-23(33)30-21-11-7-6-10-19(21)28/h3-14H,2,15H2,1H3,(H,30,33)(H,31,34,36)/b18-12-. The molecule has 0 spiro atoms. The maximum Gasteiger partial charge on any atom is 0.335 e. The summed E-state index contributed by atoms with van der Waals surface area (Å²) in [5.74, 6) is -1.34. The van der Waals surface area contributed by atoms with Gasteiger partial charge >= 0.3 is 6.03 Å². The molecule has 4 rings (SSSR count). The molecule has 1 aliphatic rings. The van der Waals surface area contributed by atoms with Crippen LogP contribution in [0.3, 0.4) is 0 Å². The number of rotatable bonds is 8. The average molecular weight is 646 g/mol. The zero-order valence-electron chi connectivity index (χ0n) is 20.0. The summed E-state index contributed by atoms with van der Waals surface area (Å²) in [6, 6.07) is 17.6. The number of benzene rings is 3. The third kappa shape index (κ3) is 6.14. The maximum absolute atomic E-state index is 13.1. The van der Waals surface area contributed by atoms with Gasteiger partial charge < -0.3 is 14.8 Å². The first-order valence-electron chi connectivity index (χ1n) is 11.4. The molecule has 0 atom stereocenters. The number of para-hydroxylation sites is 2. The molecule has 5 amide bonds. The molecule has 0 unspecified atom stereocenters. The molecule has 1 heterocycles. The lowest BCUT2D eigenvalue weighted by molar-refractivity contribution is -0.122. The van der Waals surface area contributed by atoms with E-state index in [9.17, 15) is 19.2 Å². The predicted molar refractivity (Wildman–Crippen MR) is 151 cm³/mol. The highest BCUT2D eigenvalue weighted by atomic mass is 127. The van der Waals surface area contributed by atoms with Crippen LogP contribution < -0.4 is 25.0 Å². The minimum Gasteiger partial charge on any atom is -0.490 e. The molecule has 3 aromatic carbocycles. The summed E-state index contributed by atoms with van der Waals surface area (Å²) < 4.78 is 12.1. The second kappa shape index (κ2) is 12.1. The van der Waals surface area contributed by atoms with E-state index in [0.717, 1.165) is 4.90 Å². The van der Waals surface area contributed by atoms with E-state index in [1.165, 1.54) is 6.08 Å². The van der Waals surface area contributed by atoms with E-state index in [0.29, 0.717) is 43.6 Å². The number of ether oxygens (including phenoxy) is 2. The van der Waals surface area contributed by atoms with E-state index in [-0.39, 0.29) is 12.2 Å². The number of anilines is 2. The fourth-order valence-corrected chi connectivity index (χ4v) is 4.56. The van der Waals surface area contributed by atoms with Crippen LogP contribution in [0.1, 0.15) is 12.5 Å². The van der Waals surface area contributed by atoms with Crippen molar-refractivity contribution < 1.29 is 28.7 Å². The molecule has 1 saturated heterocycles. The third-order valence-corrected chi connectivity index (χ3v) is 6.39. The number of carbonyl (C=O) groups excluding carboxylic acids is 4. The molecule has 0 bridgehead atoms. The number of nitrogens with one attached hydrogen (secondary N) is 2. The van der Waals surface area contributed by atoms with Crippen LogP contribution in [0.5, 0.6) is 11.5 Å². The van der Waals surface area contributed by atoms with Crippen LogP contribution in [0, 0.1) is 3.57 Å². The van der Waals surface area contributed by atoms with Crippen LogP contribution in [0.4, 0.5) is 16.2 Å². The number of barbiturate groups is 1. The van der Waals surface area contributed by atoms with Gasteiger partial charge in [-0.15, -0.1) is 0 Å². The number of hydrogen-bond donors (Lipinski definition) is 2. The van der Waals surface area contributed by atoms with Gasteiger partial charge in [-0.3, -0.25) is 19.7 Å². The summed E-state index contributed by atoms with van der Waals surface area (Å²) in [7, 11) is 0. The second-order valence-corrected chi connectivity index (χ2v) is 9.44. The van der Waals surface area contributed by atoms with Crippen molar-refractivity contribution in [3.63, 3.8) is 0 Å². The Morgan fingerprint density at radius 2 is 1.76 bits per heavy atom. The Kier molecular flexibility index (Phi) is 8.64. The van der Waals surface area contributed by atoms with E-state index in [2.05, 4.69) is 10.6 Å². The molecule has 0 aliphatic carbocycles. The van der Waals surface area contributed by atoms with Crippen LogP contribution in [0.15, 0.2) is 72.3 Å². The summed E-state index contributed by atoms with van der Waals surface area (Å²) in [5.41, 5.74) is 1.03. The van der Waals surface area contributed by atoms with Crippen LogP contribution in [-0.2, 0) is 14.4 Å². The summed E-state index contributed by atoms with van der Waals surface area (Å²) in [5, 5.41) is 5.28. The molecule has 2 N–H and O–H groups in total. The molecule has 1 aliphatic heterocycles. The van der Waals surface area contributed by atoms with Gasteiger partial charge in [-0.05, 0) is 77.6 Å². The molecule has 11 heteroatoms. The summed E-state index contributed by atoms with van der Waals surface area (Å²) in [4.78, 5) is 51.4. The monoisotopic (exact) mass is 645 g/mol. The van der Waals surface area contributed by atoms with Crippen molar-refractivity contribution in [3.05, 3.63) is 86.5 Å². The fourth-order valence-electron chi connectivity index (χ4n) is 3.60. The van der Waals surface area contributed by atoms with E-state index < -0.39 is 23.8 Å². The average Bonchev–Trinajstić information content (AvgIpc) is 2.88. The first-order valence-corrected chi connectivity index (χ1v) is 12.8. The SMILES string of the molecule is CCOc1cc(/C=C2/C(=O)NC(=O)N(c3ccccc3)C2=O)cc(I)c1OCC(=O)Nc1ccccc1Cl. The zero-order chi connectivity index (χ0) is 27.2. The van der Waals surface area contributed by atoms with Gasteiger partial charge in [-0.25, -0.2) is 9.69 Å². The Balaban J connectivity index is 1.58. The lowest BCUT2D eigenvalue weighted by Gasteiger charge is -2.26. The highest BCUT2D eigenvalue weighted by Crippen LogP contribution is 2.35. The van der Waals surface area contributed by atoms with Crippen molar-refractivity contribution in [1.29, 1.82) is 0 Å². The van der Waals surface area contributed by atoms with Gasteiger partial charge in [-0.2, -0.15) is 0 Å². The number of nitrogens with zero attached hydrogens (tertiary/aromatic N) is 1. The van der Waals surface area contributed by atoms with Gasteiger partial charge in [0.05, 0.1) is 26.6 Å². The van der Waals surface area contributed by atoms with E-state index in [4.69, 9.17) is 21.1 Å². The van der Waals surface area contributed by atoms with Crippen molar-refractivity contribution in [1.82, 2.24) is 5.32 Å². The topological polar surface area (TPSA) is 114 Å². The van der Waals surface area contributed by atoms with Crippen molar-refractivity contribution in [2.45, 2.75) is 6.92 Å². The van der Waals surface area contributed by atoms with Gasteiger partial charge in [0.1, 0.15) is 5.57 Å². The summed E-state index contributed by atoms with van der Waals surface area (Å²) >= 11 is 8.10. The van der Waals surface area contributed by atoms with Crippen molar-refractivity contribution >= 4 is 75.4 Å². The summed E-state index contributed by atoms with van der Waals surface area (Å²) in [6.45, 7) is 1.78. The van der Waals surface area contributed by atoms with Gasteiger partial charge in [-0.1, -0.05) is 41.9 Å². The van der Waals surface area contributed by atoms with Crippen molar-refractivity contribution in [2.24, 2.45) is 0 Å². The molecule has 38 heavy (non-hydrogen) atoms. The molecule has 1 fully saturated rings. The Hall–Kier alpha value is -3.90. The third-order valence-electron chi connectivity index (χ3n) is 5.25. The van der Waals surface area contributed by atoms with Gasteiger partial charge in [0.15, 0.2) is 18.1 Å². The first-order chi connectivity index (χ1) is 18.3. The van der Waals surface area contributed by atoms with Crippen molar-refractivity contribution in [3.8, 4) is 11.5 Å². The number of halogens is 2. The smallest absolute Gasteiger partial charge is 0.335 e. The molecule has 0 saturated carbocycles.